The Morgan fingerprint density at radius 2 is 1.45 bits per heavy atom. The number of rotatable bonds is 8. The Balaban J connectivity index is 0.000000182. The smallest absolute Gasteiger partial charge is 0.293 e. The number of hydrogen-bond donors (Lipinski definition) is 3. The van der Waals surface area contributed by atoms with E-state index in [1.54, 1.807) is 35.1 Å². The number of nitrogens with zero attached hydrogens (tertiary/aromatic N) is 6. The summed E-state index contributed by atoms with van der Waals surface area (Å²) in [5, 5.41) is 2.49. The Labute approximate surface area is 327 Å². The second kappa shape index (κ2) is 23.2. The highest BCUT2D eigenvalue weighted by Gasteiger charge is 2.17. The number of carbonyl (C=O) groups is 3. The second-order valence-electron chi connectivity index (χ2n) is 13.0. The van der Waals surface area contributed by atoms with Crippen LogP contribution in [-0.4, -0.2) is 97.2 Å². The Kier molecular flexibility index (Phi) is 17.8. The minimum Gasteiger partial charge on any atom is -0.463 e. The molecule has 0 aliphatic carbocycles. The quantitative estimate of drug-likeness (QED) is 0.139. The molecule has 292 valence electrons. The molecule has 2 amide bonds. The van der Waals surface area contributed by atoms with Crippen molar-refractivity contribution in [3.8, 4) is 33.1 Å². The molecular weight excluding hydrogens is 715 g/mol. The standard InChI is InChI=1S/C17H12N6S.C8H14N2O2.C8H8O2.C5H11N.C3H8/c1-3-12(4-2-11(1)13-5-18-9-20-13)16-8-23-7-15(22-17(23)24-16)14-6-19-10-21-14;1-7(11)9-6-8(12)10-4-2-3-5-10;9-7-10-6-8-4-2-1-3-5-8;1-6-4-2-3-5-6;1-3-2/h1-10H,(H,18,20)(H,19,21);2-6H2,1H3,(H,9,11);1-5,7H,6H2;2-5H2,1H3;3H2,1-2H3. The van der Waals surface area contributed by atoms with Gasteiger partial charge >= 0.3 is 0 Å². The number of fused-ring (bicyclic) bond motifs is 1. The lowest BCUT2D eigenvalue weighted by molar-refractivity contribution is -0.131. The van der Waals surface area contributed by atoms with Crippen molar-refractivity contribution in [3.63, 3.8) is 0 Å². The molecule has 55 heavy (non-hydrogen) atoms. The Morgan fingerprint density at radius 3 is 1.98 bits per heavy atom. The zero-order valence-corrected chi connectivity index (χ0v) is 33.1. The molecule has 0 bridgehead atoms. The van der Waals surface area contributed by atoms with E-state index >= 15 is 0 Å². The van der Waals surface area contributed by atoms with Gasteiger partial charge in [-0.3, -0.25) is 18.8 Å². The molecule has 0 spiro atoms. The number of aromatic nitrogens is 6. The number of amides is 2. The summed E-state index contributed by atoms with van der Waals surface area (Å²) in [7, 11) is 2.17. The summed E-state index contributed by atoms with van der Waals surface area (Å²) in [5.41, 5.74) is 6.16. The van der Waals surface area contributed by atoms with Crippen molar-refractivity contribution in [1.82, 2.24) is 44.4 Å². The number of thiazole rings is 1. The SMILES string of the molecule is CC(=O)NCC(=O)N1CCCC1.CCC.CN1CCCC1.O=COCc1ccccc1.c1ncc(-c2ccc(-c3cn4cc(-c5cnc[nH]5)nc4s3)cc2)[nH]1. The molecule has 14 heteroatoms. The first-order valence-corrected chi connectivity index (χ1v) is 19.5. The fourth-order valence-corrected chi connectivity index (χ4v) is 6.51. The molecule has 0 saturated carbocycles. The number of benzene rings is 2. The van der Waals surface area contributed by atoms with E-state index in [0.717, 1.165) is 59.1 Å². The van der Waals surface area contributed by atoms with Crippen LogP contribution >= 0.6 is 11.3 Å². The van der Waals surface area contributed by atoms with Gasteiger partial charge in [-0.15, -0.1) is 0 Å². The van der Waals surface area contributed by atoms with E-state index in [0.29, 0.717) is 13.1 Å². The third kappa shape index (κ3) is 14.3. The summed E-state index contributed by atoms with van der Waals surface area (Å²) in [6, 6.07) is 18.0. The average Bonchev–Trinajstić information content (AvgIpc) is 4.04. The predicted octanol–water partition coefficient (Wildman–Crippen LogP) is 7.08. The van der Waals surface area contributed by atoms with Crippen LogP contribution in [0, 0.1) is 0 Å². The van der Waals surface area contributed by atoms with E-state index in [1.165, 1.54) is 49.7 Å². The van der Waals surface area contributed by atoms with Gasteiger partial charge in [0.25, 0.3) is 6.47 Å². The fourth-order valence-electron chi connectivity index (χ4n) is 5.54. The van der Waals surface area contributed by atoms with E-state index in [9.17, 15) is 14.4 Å². The van der Waals surface area contributed by atoms with Crippen LogP contribution in [0.15, 0.2) is 92.0 Å². The van der Waals surface area contributed by atoms with Crippen molar-refractivity contribution >= 4 is 34.6 Å². The second-order valence-corrected chi connectivity index (χ2v) is 14.0. The summed E-state index contributed by atoms with van der Waals surface area (Å²) in [6.07, 6.45) is 17.3. The molecule has 2 aromatic carbocycles. The van der Waals surface area contributed by atoms with E-state index in [4.69, 9.17) is 0 Å². The third-order valence-electron chi connectivity index (χ3n) is 8.35. The average molecular weight is 768 g/mol. The van der Waals surface area contributed by atoms with Crippen LogP contribution in [0.1, 0.15) is 58.4 Å². The van der Waals surface area contributed by atoms with Crippen molar-refractivity contribution in [2.45, 2.75) is 59.5 Å². The topological polar surface area (TPSA) is 154 Å². The molecule has 6 aromatic rings. The van der Waals surface area contributed by atoms with Gasteiger partial charge in [0.1, 0.15) is 12.3 Å². The maximum atomic E-state index is 11.3. The molecule has 2 aliphatic rings. The monoisotopic (exact) mass is 767 g/mol. The van der Waals surface area contributed by atoms with Gasteiger partial charge in [-0.25, -0.2) is 15.0 Å². The summed E-state index contributed by atoms with van der Waals surface area (Å²) >= 11 is 1.67. The predicted molar refractivity (Wildman–Crippen MR) is 218 cm³/mol. The van der Waals surface area contributed by atoms with Crippen molar-refractivity contribution < 1.29 is 19.1 Å². The largest absolute Gasteiger partial charge is 0.463 e. The molecule has 2 aliphatic heterocycles. The van der Waals surface area contributed by atoms with E-state index in [2.05, 4.69) is 95.6 Å². The van der Waals surface area contributed by atoms with E-state index in [-0.39, 0.29) is 18.4 Å². The van der Waals surface area contributed by atoms with Crippen LogP contribution in [-0.2, 0) is 25.7 Å². The molecule has 2 fully saturated rings. The van der Waals surface area contributed by atoms with Crippen molar-refractivity contribution in [3.05, 3.63) is 97.6 Å². The summed E-state index contributed by atoms with van der Waals surface area (Å²) < 4.78 is 6.59. The zero-order valence-electron chi connectivity index (χ0n) is 32.2. The molecule has 0 radical (unpaired) electrons. The van der Waals surface area contributed by atoms with Crippen LogP contribution in [0.4, 0.5) is 0 Å². The first-order chi connectivity index (χ1) is 26.8. The van der Waals surface area contributed by atoms with Crippen molar-refractivity contribution in [2.75, 3.05) is 39.8 Å². The number of nitrogens with one attached hydrogen (secondary N) is 3. The van der Waals surface area contributed by atoms with E-state index in [1.807, 2.05) is 42.7 Å². The van der Waals surface area contributed by atoms with Crippen LogP contribution in [0.25, 0.3) is 38.0 Å². The molecule has 13 nitrogen and oxygen atoms in total. The summed E-state index contributed by atoms with van der Waals surface area (Å²) in [5.74, 6) is -0.120. The molecule has 6 heterocycles. The highest BCUT2D eigenvalue weighted by molar-refractivity contribution is 7.20. The maximum absolute atomic E-state index is 11.3. The van der Waals surface area contributed by atoms with Gasteiger partial charge in [0.2, 0.25) is 11.8 Å². The highest BCUT2D eigenvalue weighted by atomic mass is 32.1. The van der Waals surface area contributed by atoms with Crippen molar-refractivity contribution in [1.29, 1.82) is 0 Å². The van der Waals surface area contributed by atoms with Gasteiger partial charge in [-0.1, -0.05) is 86.2 Å². The number of ether oxygens (including phenoxy) is 1. The summed E-state index contributed by atoms with van der Waals surface area (Å²) in [6.45, 7) is 11.0. The van der Waals surface area contributed by atoms with Gasteiger partial charge in [0, 0.05) is 32.4 Å². The lowest BCUT2D eigenvalue weighted by atomic mass is 10.1. The zero-order chi connectivity index (χ0) is 39.3. The lowest BCUT2D eigenvalue weighted by Gasteiger charge is -2.14. The fraction of sp³-hybridized carbons (Fsp3) is 0.366. The molecule has 4 aromatic heterocycles. The Bertz CT molecular complexity index is 1910. The molecule has 0 unspecified atom stereocenters. The van der Waals surface area contributed by atoms with Gasteiger partial charge < -0.3 is 29.8 Å². The van der Waals surface area contributed by atoms with E-state index < -0.39 is 0 Å². The van der Waals surface area contributed by atoms with Crippen LogP contribution in [0.2, 0.25) is 0 Å². The molecule has 0 atom stereocenters. The minimum absolute atomic E-state index is 0.0303. The lowest BCUT2D eigenvalue weighted by Crippen LogP contribution is -2.37. The van der Waals surface area contributed by atoms with Gasteiger partial charge in [0.15, 0.2) is 4.96 Å². The number of likely N-dealkylation sites (tertiary alicyclic amines) is 2. The van der Waals surface area contributed by atoms with Gasteiger partial charge in [0.05, 0.1) is 47.9 Å². The highest BCUT2D eigenvalue weighted by Crippen LogP contribution is 2.31. The first-order valence-electron chi connectivity index (χ1n) is 18.7. The Morgan fingerprint density at radius 1 is 0.855 bits per heavy atom. The van der Waals surface area contributed by atoms with Crippen LogP contribution < -0.4 is 5.32 Å². The van der Waals surface area contributed by atoms with Gasteiger partial charge in [-0.2, -0.15) is 0 Å². The number of H-pyrrole nitrogens is 2. The molecular formula is C41H53N9O4S. The summed E-state index contributed by atoms with van der Waals surface area (Å²) in [4.78, 5) is 56.7. The number of carbonyl (C=O) groups excluding carboxylic acids is 3. The minimum atomic E-state index is -0.150. The third-order valence-corrected chi connectivity index (χ3v) is 9.39. The number of hydrogen-bond acceptors (Lipinski definition) is 9. The molecule has 8 rings (SSSR count). The van der Waals surface area contributed by atoms with Crippen LogP contribution in [0.5, 0.6) is 0 Å². The normalized spacial score (nSPS) is 13.2. The number of aromatic amines is 2. The van der Waals surface area contributed by atoms with Crippen molar-refractivity contribution in [2.24, 2.45) is 0 Å². The maximum Gasteiger partial charge on any atom is 0.293 e. The van der Waals surface area contributed by atoms with Gasteiger partial charge in [-0.05, 0) is 62.5 Å². The Hall–Kier alpha value is -5.60. The number of imidazole rings is 3. The molecule has 3 N–H and O–H groups in total. The first kappa shape index (κ1) is 42.1. The van der Waals surface area contributed by atoms with Crippen LogP contribution in [0.3, 0.4) is 0 Å². The molecule has 2 saturated heterocycles.